The second-order valence-electron chi connectivity index (χ2n) is 5.31. The zero-order valence-corrected chi connectivity index (χ0v) is 11.9. The Balaban J connectivity index is 2.33. The highest BCUT2D eigenvalue weighted by molar-refractivity contribution is 5.32. The van der Waals surface area contributed by atoms with Crippen LogP contribution in [0.5, 0.6) is 0 Å². The Hall–Kier alpha value is -1.74. The summed E-state index contributed by atoms with van der Waals surface area (Å²) in [5.74, 6) is -1.37. The number of aliphatic hydroxyl groups is 1. The van der Waals surface area contributed by atoms with Crippen LogP contribution in [0.1, 0.15) is 33.9 Å². The molecule has 0 heterocycles. The lowest BCUT2D eigenvalue weighted by Crippen LogP contribution is -2.08. The van der Waals surface area contributed by atoms with Crippen molar-refractivity contribution in [1.29, 1.82) is 0 Å². The monoisotopic (exact) mass is 276 g/mol. The maximum absolute atomic E-state index is 14.0. The molecule has 2 aromatic carbocycles. The van der Waals surface area contributed by atoms with E-state index in [4.69, 9.17) is 0 Å². The number of hydrogen-bond acceptors (Lipinski definition) is 1. The van der Waals surface area contributed by atoms with E-state index in [1.807, 2.05) is 32.0 Å². The molecule has 0 bridgehead atoms. The van der Waals surface area contributed by atoms with Crippen LogP contribution in [0.15, 0.2) is 30.3 Å². The first-order valence-electron chi connectivity index (χ1n) is 6.58. The van der Waals surface area contributed by atoms with Crippen molar-refractivity contribution in [3.63, 3.8) is 0 Å². The molecule has 1 unspecified atom stereocenters. The van der Waals surface area contributed by atoms with Gasteiger partial charge in [0.1, 0.15) is 11.6 Å². The fraction of sp³-hybridized carbons (Fsp3) is 0.294. The normalized spacial score (nSPS) is 12.5. The highest BCUT2D eigenvalue weighted by Gasteiger charge is 2.20. The lowest BCUT2D eigenvalue weighted by molar-refractivity contribution is 0.168. The Bertz CT molecular complexity index is 615. The summed E-state index contributed by atoms with van der Waals surface area (Å²) in [4.78, 5) is 0. The van der Waals surface area contributed by atoms with E-state index < -0.39 is 17.7 Å². The number of benzene rings is 2. The van der Waals surface area contributed by atoms with E-state index in [1.54, 1.807) is 6.92 Å². The van der Waals surface area contributed by atoms with Gasteiger partial charge in [0.05, 0.1) is 11.7 Å². The van der Waals surface area contributed by atoms with Crippen molar-refractivity contribution in [3.05, 3.63) is 69.8 Å². The Morgan fingerprint density at radius 3 is 2.20 bits per heavy atom. The standard InChI is InChI=1S/C17H18F2O/c1-10-6-11(2)8-13(7-10)9-15(20)16-14(18)5-4-12(3)17(16)19/h4-8,15,20H,9H2,1-3H3. The van der Waals surface area contributed by atoms with Crippen LogP contribution in [0, 0.1) is 32.4 Å². The van der Waals surface area contributed by atoms with Crippen LogP contribution in [0.2, 0.25) is 0 Å². The van der Waals surface area contributed by atoms with Crippen molar-refractivity contribution < 1.29 is 13.9 Å². The van der Waals surface area contributed by atoms with Gasteiger partial charge >= 0.3 is 0 Å². The Kier molecular flexibility index (Phi) is 4.19. The third kappa shape index (κ3) is 3.05. The molecule has 20 heavy (non-hydrogen) atoms. The first kappa shape index (κ1) is 14.7. The lowest BCUT2D eigenvalue weighted by Gasteiger charge is -2.15. The van der Waals surface area contributed by atoms with Crippen molar-refractivity contribution >= 4 is 0 Å². The summed E-state index contributed by atoms with van der Waals surface area (Å²) in [6, 6.07) is 8.42. The zero-order valence-electron chi connectivity index (χ0n) is 11.9. The van der Waals surface area contributed by atoms with Crippen LogP contribution in [0.25, 0.3) is 0 Å². The van der Waals surface area contributed by atoms with Gasteiger partial charge in [0.2, 0.25) is 0 Å². The topological polar surface area (TPSA) is 20.2 Å². The van der Waals surface area contributed by atoms with Crippen LogP contribution >= 0.6 is 0 Å². The number of rotatable bonds is 3. The minimum atomic E-state index is -1.18. The van der Waals surface area contributed by atoms with Gasteiger partial charge in [0, 0.05) is 6.42 Å². The lowest BCUT2D eigenvalue weighted by atomic mass is 9.97. The first-order valence-corrected chi connectivity index (χ1v) is 6.58. The molecule has 2 rings (SSSR count). The molecule has 2 aromatic rings. The molecule has 106 valence electrons. The molecule has 0 aromatic heterocycles. The van der Waals surface area contributed by atoms with Crippen molar-refractivity contribution in [3.8, 4) is 0 Å². The van der Waals surface area contributed by atoms with Gasteiger partial charge in [0.25, 0.3) is 0 Å². The maximum atomic E-state index is 14.0. The van der Waals surface area contributed by atoms with Crippen LogP contribution in [-0.4, -0.2) is 5.11 Å². The second kappa shape index (κ2) is 5.71. The summed E-state index contributed by atoms with van der Waals surface area (Å²) in [6.45, 7) is 5.47. The summed E-state index contributed by atoms with van der Waals surface area (Å²) < 4.78 is 27.7. The highest BCUT2D eigenvalue weighted by atomic mass is 19.1. The van der Waals surface area contributed by atoms with Gasteiger partial charge in [-0.2, -0.15) is 0 Å². The van der Waals surface area contributed by atoms with Gasteiger partial charge < -0.3 is 5.11 Å². The molecule has 0 fully saturated rings. The summed E-state index contributed by atoms with van der Waals surface area (Å²) in [6.07, 6.45) is -0.990. The molecule has 3 heteroatoms. The third-order valence-electron chi connectivity index (χ3n) is 3.36. The summed E-state index contributed by atoms with van der Waals surface area (Å²) in [5.41, 5.74) is 3.09. The summed E-state index contributed by atoms with van der Waals surface area (Å²) in [7, 11) is 0. The second-order valence-corrected chi connectivity index (χ2v) is 5.31. The number of aliphatic hydroxyl groups excluding tert-OH is 1. The minimum absolute atomic E-state index is 0.194. The molecule has 0 aliphatic carbocycles. The van der Waals surface area contributed by atoms with E-state index in [9.17, 15) is 13.9 Å². The van der Waals surface area contributed by atoms with Gasteiger partial charge in [-0.15, -0.1) is 0 Å². The molecular weight excluding hydrogens is 258 g/mol. The van der Waals surface area contributed by atoms with Gasteiger partial charge in [-0.05, 0) is 38.0 Å². The SMILES string of the molecule is Cc1cc(C)cc(CC(O)c2c(F)ccc(C)c2F)c1. The highest BCUT2D eigenvalue weighted by Crippen LogP contribution is 2.26. The van der Waals surface area contributed by atoms with E-state index in [1.165, 1.54) is 12.1 Å². The first-order chi connectivity index (χ1) is 9.38. The average molecular weight is 276 g/mol. The van der Waals surface area contributed by atoms with E-state index >= 15 is 0 Å². The van der Waals surface area contributed by atoms with Gasteiger partial charge in [0.15, 0.2) is 0 Å². The Labute approximate surface area is 117 Å². The number of halogens is 2. The predicted molar refractivity (Wildman–Crippen MR) is 75.7 cm³/mol. The molecule has 0 aliphatic heterocycles. The molecule has 1 nitrogen and oxygen atoms in total. The summed E-state index contributed by atoms with van der Waals surface area (Å²) in [5, 5.41) is 10.2. The van der Waals surface area contributed by atoms with E-state index in [2.05, 4.69) is 0 Å². The largest absolute Gasteiger partial charge is 0.388 e. The van der Waals surface area contributed by atoms with E-state index in [0.29, 0.717) is 5.56 Å². The van der Waals surface area contributed by atoms with Gasteiger partial charge in [-0.3, -0.25) is 0 Å². The predicted octanol–water partition coefficient (Wildman–Crippen LogP) is 4.17. The molecular formula is C17H18F2O. The minimum Gasteiger partial charge on any atom is -0.388 e. The Morgan fingerprint density at radius 1 is 1.00 bits per heavy atom. The average Bonchev–Trinajstić information content (AvgIpc) is 2.33. The van der Waals surface area contributed by atoms with Crippen LogP contribution in [0.4, 0.5) is 8.78 Å². The molecule has 0 saturated heterocycles. The molecule has 1 N–H and O–H groups in total. The van der Waals surface area contributed by atoms with E-state index in [0.717, 1.165) is 16.7 Å². The quantitative estimate of drug-likeness (QED) is 0.892. The molecule has 1 atom stereocenters. The zero-order chi connectivity index (χ0) is 14.9. The van der Waals surface area contributed by atoms with Crippen molar-refractivity contribution in [2.45, 2.75) is 33.3 Å². The van der Waals surface area contributed by atoms with Crippen LogP contribution in [-0.2, 0) is 6.42 Å². The smallest absolute Gasteiger partial charge is 0.134 e. The van der Waals surface area contributed by atoms with Crippen molar-refractivity contribution in [2.24, 2.45) is 0 Å². The van der Waals surface area contributed by atoms with Crippen LogP contribution in [0.3, 0.4) is 0 Å². The maximum Gasteiger partial charge on any atom is 0.134 e. The number of aryl methyl sites for hydroxylation is 3. The summed E-state index contributed by atoms with van der Waals surface area (Å²) >= 11 is 0. The van der Waals surface area contributed by atoms with Crippen molar-refractivity contribution in [2.75, 3.05) is 0 Å². The van der Waals surface area contributed by atoms with Crippen LogP contribution < -0.4 is 0 Å². The fourth-order valence-corrected chi connectivity index (χ4v) is 2.50. The third-order valence-corrected chi connectivity index (χ3v) is 3.36. The van der Waals surface area contributed by atoms with Gasteiger partial charge in [-0.1, -0.05) is 35.4 Å². The molecule has 0 radical (unpaired) electrons. The van der Waals surface area contributed by atoms with Crippen molar-refractivity contribution in [1.82, 2.24) is 0 Å². The number of hydrogen-bond donors (Lipinski definition) is 1. The molecule has 0 aliphatic rings. The molecule has 0 spiro atoms. The van der Waals surface area contributed by atoms with Gasteiger partial charge in [-0.25, -0.2) is 8.78 Å². The molecule has 0 amide bonds. The Morgan fingerprint density at radius 2 is 1.60 bits per heavy atom. The fourth-order valence-electron chi connectivity index (χ4n) is 2.50. The molecule has 0 saturated carbocycles. The van der Waals surface area contributed by atoms with E-state index in [-0.39, 0.29) is 12.0 Å².